The van der Waals surface area contributed by atoms with E-state index in [1.807, 2.05) is 13.8 Å². The zero-order valence-electron chi connectivity index (χ0n) is 15.3. The summed E-state index contributed by atoms with van der Waals surface area (Å²) < 4.78 is 0. The Hall–Kier alpha value is -1.65. The largest absolute Gasteiger partial charge is 0.384 e. The second kappa shape index (κ2) is 8.15. The monoisotopic (exact) mass is 362 g/mol. The molecule has 0 aromatic carbocycles. The van der Waals surface area contributed by atoms with Crippen molar-refractivity contribution < 1.29 is 9.90 Å². The van der Waals surface area contributed by atoms with E-state index in [1.54, 1.807) is 30.6 Å². The number of halogens is 1. The minimum absolute atomic E-state index is 0.0253. The number of aliphatic hydroxyl groups is 1. The minimum Gasteiger partial charge on any atom is -0.384 e. The van der Waals surface area contributed by atoms with Crippen LogP contribution in [0.4, 0.5) is 0 Å². The van der Waals surface area contributed by atoms with Crippen LogP contribution in [0.3, 0.4) is 0 Å². The Morgan fingerprint density at radius 1 is 1.36 bits per heavy atom. The molecule has 0 fully saturated rings. The summed E-state index contributed by atoms with van der Waals surface area (Å²) in [6.07, 6.45) is 6.39. The first-order valence-corrected chi connectivity index (χ1v) is 9.13. The average Bonchev–Trinajstić information content (AvgIpc) is 2.62. The van der Waals surface area contributed by atoms with Crippen molar-refractivity contribution in [3.8, 4) is 0 Å². The third kappa shape index (κ3) is 4.50. The van der Waals surface area contributed by atoms with Gasteiger partial charge in [0.25, 0.3) is 0 Å². The van der Waals surface area contributed by atoms with Crippen molar-refractivity contribution in [1.29, 1.82) is 0 Å². The van der Waals surface area contributed by atoms with E-state index < -0.39 is 11.5 Å². The second-order valence-electron chi connectivity index (χ2n) is 7.19. The molecule has 1 heterocycles. The van der Waals surface area contributed by atoms with E-state index >= 15 is 0 Å². The molecule has 0 spiro atoms. The molecule has 0 saturated heterocycles. The summed E-state index contributed by atoms with van der Waals surface area (Å²) in [5.41, 5.74) is 1.63. The molecule has 2 N–H and O–H groups in total. The fourth-order valence-corrected chi connectivity index (χ4v) is 3.06. The van der Waals surface area contributed by atoms with Gasteiger partial charge in [-0.25, -0.2) is 0 Å². The van der Waals surface area contributed by atoms with Gasteiger partial charge < -0.3 is 10.4 Å². The van der Waals surface area contributed by atoms with Crippen LogP contribution in [0.15, 0.2) is 46.9 Å². The molecule has 1 amide bonds. The van der Waals surface area contributed by atoms with Crippen LogP contribution in [0.5, 0.6) is 0 Å². The number of carbonyl (C=O) groups is 1. The van der Waals surface area contributed by atoms with Crippen LogP contribution in [0.1, 0.15) is 58.6 Å². The van der Waals surface area contributed by atoms with Crippen molar-refractivity contribution in [2.75, 3.05) is 0 Å². The summed E-state index contributed by atoms with van der Waals surface area (Å²) in [6.45, 7) is 8.09. The normalized spacial score (nSPS) is 17.8. The number of rotatable bonds is 6. The Balaban J connectivity index is 2.33. The summed E-state index contributed by atoms with van der Waals surface area (Å²) in [4.78, 5) is 16.8. The standard InChI is InChI=1S/C20H27ClN2O2/c1-5-13(2)20(3,4)19(25)23-17-7-6-15(21)12-16(17)18(24)14-8-10-22-11-9-14/h8-13,18,24H,5-7H2,1-4H3,(H,23,25). The third-order valence-electron chi connectivity index (χ3n) is 5.28. The van der Waals surface area contributed by atoms with Crippen molar-refractivity contribution >= 4 is 17.5 Å². The maximum absolute atomic E-state index is 12.8. The molecule has 1 aliphatic carbocycles. The van der Waals surface area contributed by atoms with Crippen LogP contribution < -0.4 is 5.32 Å². The first-order chi connectivity index (χ1) is 11.8. The quantitative estimate of drug-likeness (QED) is 0.784. The maximum Gasteiger partial charge on any atom is 0.230 e. The first kappa shape index (κ1) is 19.7. The number of aliphatic hydroxyl groups excluding tert-OH is 1. The van der Waals surface area contributed by atoms with Gasteiger partial charge in [0.2, 0.25) is 5.91 Å². The lowest BCUT2D eigenvalue weighted by Gasteiger charge is -2.31. The van der Waals surface area contributed by atoms with Crippen LogP contribution in [0, 0.1) is 11.3 Å². The van der Waals surface area contributed by atoms with Crippen molar-refractivity contribution in [3.05, 3.63) is 52.5 Å². The van der Waals surface area contributed by atoms with E-state index in [0.29, 0.717) is 23.4 Å². The van der Waals surface area contributed by atoms with Gasteiger partial charge in [-0.1, -0.05) is 45.7 Å². The molecule has 1 aromatic rings. The molecule has 1 aromatic heterocycles. The van der Waals surface area contributed by atoms with Crippen LogP contribution in [0.2, 0.25) is 0 Å². The molecular formula is C20H27ClN2O2. The van der Waals surface area contributed by atoms with Crippen LogP contribution in [0.25, 0.3) is 0 Å². The fourth-order valence-electron chi connectivity index (χ4n) is 2.85. The van der Waals surface area contributed by atoms with Gasteiger partial charge in [-0.15, -0.1) is 0 Å². The number of hydrogen-bond acceptors (Lipinski definition) is 3. The topological polar surface area (TPSA) is 62.2 Å². The number of pyridine rings is 1. The SMILES string of the molecule is CCC(C)C(C)(C)C(=O)NC1=C(C(O)c2ccncc2)C=C(Cl)CC1. The van der Waals surface area contributed by atoms with Crippen molar-refractivity contribution in [1.82, 2.24) is 10.3 Å². The highest BCUT2D eigenvalue weighted by molar-refractivity contribution is 6.29. The van der Waals surface area contributed by atoms with E-state index in [1.165, 1.54) is 0 Å². The van der Waals surface area contributed by atoms with Gasteiger partial charge >= 0.3 is 0 Å². The van der Waals surface area contributed by atoms with Gasteiger partial charge in [0, 0.05) is 34.1 Å². The summed E-state index contributed by atoms with van der Waals surface area (Å²) >= 11 is 6.20. The predicted molar refractivity (Wildman–Crippen MR) is 101 cm³/mol. The number of allylic oxidation sites excluding steroid dienone is 2. The number of carbonyl (C=O) groups excluding carboxylic acids is 1. The molecule has 136 valence electrons. The van der Waals surface area contributed by atoms with Gasteiger partial charge in [-0.2, -0.15) is 0 Å². The van der Waals surface area contributed by atoms with Gasteiger partial charge in [-0.3, -0.25) is 9.78 Å². The zero-order chi connectivity index (χ0) is 18.6. The Morgan fingerprint density at radius 3 is 2.60 bits per heavy atom. The molecule has 2 atom stereocenters. The number of aromatic nitrogens is 1. The summed E-state index contributed by atoms with van der Waals surface area (Å²) in [6, 6.07) is 3.52. The van der Waals surface area contributed by atoms with E-state index in [2.05, 4.69) is 24.1 Å². The smallest absolute Gasteiger partial charge is 0.230 e. The lowest BCUT2D eigenvalue weighted by Crippen LogP contribution is -2.41. The highest BCUT2D eigenvalue weighted by Gasteiger charge is 2.34. The van der Waals surface area contributed by atoms with Gasteiger partial charge in [0.1, 0.15) is 6.10 Å². The van der Waals surface area contributed by atoms with E-state index in [-0.39, 0.29) is 11.8 Å². The molecule has 2 unspecified atom stereocenters. The van der Waals surface area contributed by atoms with Gasteiger partial charge in [0.05, 0.1) is 0 Å². The van der Waals surface area contributed by atoms with Gasteiger partial charge in [0.15, 0.2) is 0 Å². The van der Waals surface area contributed by atoms with Crippen molar-refractivity contribution in [2.24, 2.45) is 11.3 Å². The van der Waals surface area contributed by atoms with E-state index in [0.717, 1.165) is 17.7 Å². The lowest BCUT2D eigenvalue weighted by molar-refractivity contribution is -0.131. The molecule has 4 nitrogen and oxygen atoms in total. The average molecular weight is 363 g/mol. The zero-order valence-corrected chi connectivity index (χ0v) is 16.1. The highest BCUT2D eigenvalue weighted by atomic mass is 35.5. The molecule has 25 heavy (non-hydrogen) atoms. The summed E-state index contributed by atoms with van der Waals surface area (Å²) in [7, 11) is 0. The predicted octanol–water partition coefficient (Wildman–Crippen LogP) is 4.47. The molecule has 0 saturated carbocycles. The lowest BCUT2D eigenvalue weighted by atomic mass is 9.77. The maximum atomic E-state index is 12.8. The van der Waals surface area contributed by atoms with Crippen molar-refractivity contribution in [3.63, 3.8) is 0 Å². The Labute approximate surface area is 155 Å². The van der Waals surface area contributed by atoms with Crippen LogP contribution >= 0.6 is 11.6 Å². The molecule has 1 aliphatic rings. The van der Waals surface area contributed by atoms with Crippen LogP contribution in [-0.2, 0) is 4.79 Å². The van der Waals surface area contributed by atoms with Crippen molar-refractivity contribution in [2.45, 2.75) is 53.1 Å². The molecule has 5 heteroatoms. The fraction of sp³-hybridized carbons (Fsp3) is 0.500. The third-order valence-corrected chi connectivity index (χ3v) is 5.58. The number of hydrogen-bond donors (Lipinski definition) is 2. The molecule has 0 aliphatic heterocycles. The number of amides is 1. The highest BCUT2D eigenvalue weighted by Crippen LogP contribution is 2.35. The Morgan fingerprint density at radius 2 is 2.00 bits per heavy atom. The molecule has 0 radical (unpaired) electrons. The second-order valence-corrected chi connectivity index (χ2v) is 7.68. The first-order valence-electron chi connectivity index (χ1n) is 8.75. The Kier molecular flexibility index (Phi) is 6.42. The number of nitrogens with one attached hydrogen (secondary N) is 1. The summed E-state index contributed by atoms with van der Waals surface area (Å²) in [5.74, 6) is 0.229. The molecule has 2 rings (SSSR count). The molecule has 0 bridgehead atoms. The number of nitrogens with zero attached hydrogens (tertiary/aromatic N) is 1. The van der Waals surface area contributed by atoms with Crippen LogP contribution in [-0.4, -0.2) is 16.0 Å². The minimum atomic E-state index is -0.848. The van der Waals surface area contributed by atoms with E-state index in [9.17, 15) is 9.90 Å². The molecular weight excluding hydrogens is 336 g/mol. The Bertz CT molecular complexity index is 680. The van der Waals surface area contributed by atoms with Gasteiger partial charge in [-0.05, 0) is 42.5 Å². The summed E-state index contributed by atoms with van der Waals surface area (Å²) in [5, 5.41) is 14.5. The van der Waals surface area contributed by atoms with E-state index in [4.69, 9.17) is 11.6 Å².